The Morgan fingerprint density at radius 2 is 2.21 bits per heavy atom. The summed E-state index contributed by atoms with van der Waals surface area (Å²) in [5.41, 5.74) is 1.72. The molecule has 0 bridgehead atoms. The summed E-state index contributed by atoms with van der Waals surface area (Å²) in [6, 6.07) is 5.27. The lowest BCUT2D eigenvalue weighted by Gasteiger charge is -2.30. The second kappa shape index (κ2) is 8.87. The minimum atomic E-state index is -0.578. The minimum absolute atomic E-state index is 0.124. The zero-order valence-corrected chi connectivity index (χ0v) is 16.8. The lowest BCUT2D eigenvalue weighted by molar-refractivity contribution is 0.0910. The zero-order chi connectivity index (χ0) is 21.0. The fourth-order valence-corrected chi connectivity index (χ4v) is 3.02. The molecular formula is C20H25N5O4. The highest BCUT2D eigenvalue weighted by Crippen LogP contribution is 2.34. The maximum absolute atomic E-state index is 12.3. The largest absolute Gasteiger partial charge is 0.488 e. The van der Waals surface area contributed by atoms with Gasteiger partial charge in [-0.05, 0) is 18.6 Å². The molecule has 0 fully saturated rings. The average Bonchev–Trinajstić information content (AvgIpc) is 2.75. The van der Waals surface area contributed by atoms with Crippen molar-refractivity contribution in [3.63, 3.8) is 0 Å². The number of aromatic nitrogens is 2. The SMILES string of the molecule is CCC(O)CNC(=O)c1cnc2c(c1)OCCN2c1ccn(C(C)=O)/c(=N\C)c1. The van der Waals surface area contributed by atoms with Crippen LogP contribution in [0.2, 0.25) is 0 Å². The summed E-state index contributed by atoms with van der Waals surface area (Å²) in [4.78, 5) is 34.6. The van der Waals surface area contributed by atoms with E-state index in [1.54, 1.807) is 19.3 Å². The van der Waals surface area contributed by atoms with Crippen molar-refractivity contribution in [3.8, 4) is 5.75 Å². The first-order chi connectivity index (χ1) is 13.9. The standard InChI is InChI=1S/C20H25N5O4/c1-4-16(27)12-23-20(28)14-9-17-19(22-11-14)25(7-8-29-17)15-5-6-24(13(2)26)18(10-15)21-3/h5-6,9-11,16,27H,4,7-8,12H2,1-3H3,(H,23,28)/b21-18-. The second-order valence-electron chi connectivity index (χ2n) is 6.67. The maximum Gasteiger partial charge on any atom is 0.253 e. The number of hydrogen-bond acceptors (Lipinski definition) is 7. The van der Waals surface area contributed by atoms with E-state index in [9.17, 15) is 14.7 Å². The first kappa shape index (κ1) is 20.5. The van der Waals surface area contributed by atoms with Crippen LogP contribution < -0.4 is 20.4 Å². The lowest BCUT2D eigenvalue weighted by Crippen LogP contribution is -2.33. The van der Waals surface area contributed by atoms with Crippen molar-refractivity contribution in [2.75, 3.05) is 31.6 Å². The summed E-state index contributed by atoms with van der Waals surface area (Å²) < 4.78 is 7.18. The Balaban J connectivity index is 1.88. The van der Waals surface area contributed by atoms with E-state index in [1.165, 1.54) is 17.7 Å². The third-order valence-corrected chi connectivity index (χ3v) is 4.69. The topological polar surface area (TPSA) is 109 Å². The molecule has 2 aromatic heterocycles. The minimum Gasteiger partial charge on any atom is -0.488 e. The number of ether oxygens (including phenoxy) is 1. The summed E-state index contributed by atoms with van der Waals surface area (Å²) in [6.07, 6.45) is 3.15. The van der Waals surface area contributed by atoms with Crippen LogP contribution in [0.1, 0.15) is 35.4 Å². The Labute approximate surface area is 168 Å². The predicted octanol–water partition coefficient (Wildman–Crippen LogP) is 1.10. The van der Waals surface area contributed by atoms with Crippen LogP contribution >= 0.6 is 0 Å². The molecule has 0 saturated heterocycles. The zero-order valence-electron chi connectivity index (χ0n) is 16.8. The smallest absolute Gasteiger partial charge is 0.253 e. The first-order valence-corrected chi connectivity index (χ1v) is 9.47. The van der Waals surface area contributed by atoms with Crippen LogP contribution in [-0.4, -0.2) is 59.3 Å². The van der Waals surface area contributed by atoms with Gasteiger partial charge in [0, 0.05) is 44.7 Å². The van der Waals surface area contributed by atoms with E-state index in [-0.39, 0.29) is 18.4 Å². The molecule has 0 radical (unpaired) electrons. The average molecular weight is 399 g/mol. The van der Waals surface area contributed by atoms with Gasteiger partial charge in [0.05, 0.1) is 18.2 Å². The number of aliphatic hydroxyl groups excluding tert-OH is 1. The van der Waals surface area contributed by atoms with Crippen LogP contribution in [0.15, 0.2) is 35.6 Å². The van der Waals surface area contributed by atoms with Crippen molar-refractivity contribution < 1.29 is 19.4 Å². The van der Waals surface area contributed by atoms with Gasteiger partial charge in [-0.1, -0.05) is 6.92 Å². The molecular weight excluding hydrogens is 374 g/mol. The fraction of sp³-hybridized carbons (Fsp3) is 0.400. The number of fused-ring (bicyclic) bond motifs is 1. The van der Waals surface area contributed by atoms with Gasteiger partial charge in [0.25, 0.3) is 5.91 Å². The van der Waals surface area contributed by atoms with E-state index in [4.69, 9.17) is 4.74 Å². The van der Waals surface area contributed by atoms with Gasteiger partial charge in [-0.2, -0.15) is 0 Å². The van der Waals surface area contributed by atoms with Crippen LogP contribution in [-0.2, 0) is 0 Å². The molecule has 3 heterocycles. The van der Waals surface area contributed by atoms with E-state index in [0.717, 1.165) is 5.69 Å². The Morgan fingerprint density at radius 3 is 2.90 bits per heavy atom. The van der Waals surface area contributed by atoms with Crippen molar-refractivity contribution in [2.45, 2.75) is 26.4 Å². The van der Waals surface area contributed by atoms with E-state index in [2.05, 4.69) is 15.3 Å². The van der Waals surface area contributed by atoms with Gasteiger partial charge in [0.1, 0.15) is 12.1 Å². The summed E-state index contributed by atoms with van der Waals surface area (Å²) in [5, 5.41) is 12.3. The monoisotopic (exact) mass is 399 g/mol. The molecule has 3 rings (SSSR count). The highest BCUT2D eigenvalue weighted by Gasteiger charge is 2.23. The molecule has 1 atom stereocenters. The number of rotatable bonds is 5. The first-order valence-electron chi connectivity index (χ1n) is 9.47. The van der Waals surface area contributed by atoms with Gasteiger partial charge in [-0.25, -0.2) is 4.98 Å². The highest BCUT2D eigenvalue weighted by molar-refractivity contribution is 5.95. The van der Waals surface area contributed by atoms with E-state index >= 15 is 0 Å². The van der Waals surface area contributed by atoms with Crippen LogP contribution in [0, 0.1) is 0 Å². The van der Waals surface area contributed by atoms with E-state index in [1.807, 2.05) is 24.0 Å². The number of anilines is 2. The number of nitrogens with zero attached hydrogens (tertiary/aromatic N) is 4. The molecule has 0 saturated carbocycles. The fourth-order valence-electron chi connectivity index (χ4n) is 3.02. The maximum atomic E-state index is 12.3. The highest BCUT2D eigenvalue weighted by atomic mass is 16.5. The molecule has 154 valence electrons. The molecule has 1 aliphatic heterocycles. The molecule has 2 aromatic rings. The van der Waals surface area contributed by atoms with Crippen molar-refractivity contribution in [3.05, 3.63) is 41.6 Å². The summed E-state index contributed by atoms with van der Waals surface area (Å²) >= 11 is 0. The Hall–Kier alpha value is -3.20. The van der Waals surface area contributed by atoms with Crippen LogP contribution in [0.4, 0.5) is 11.5 Å². The molecule has 9 nitrogen and oxygen atoms in total. The number of aliphatic hydroxyl groups is 1. The molecule has 29 heavy (non-hydrogen) atoms. The normalized spacial score (nSPS) is 14.8. The third kappa shape index (κ3) is 4.45. The Kier molecular flexibility index (Phi) is 6.28. The summed E-state index contributed by atoms with van der Waals surface area (Å²) in [7, 11) is 1.63. The summed E-state index contributed by atoms with van der Waals surface area (Å²) in [6.45, 7) is 4.50. The van der Waals surface area contributed by atoms with Gasteiger partial charge in [-0.3, -0.25) is 19.1 Å². The molecule has 9 heteroatoms. The van der Waals surface area contributed by atoms with Crippen molar-refractivity contribution in [1.82, 2.24) is 14.9 Å². The number of pyridine rings is 2. The van der Waals surface area contributed by atoms with Gasteiger partial charge in [-0.15, -0.1) is 0 Å². The molecule has 0 spiro atoms. The van der Waals surface area contributed by atoms with Crippen LogP contribution in [0.25, 0.3) is 0 Å². The predicted molar refractivity (Wildman–Crippen MR) is 108 cm³/mol. The molecule has 0 aliphatic carbocycles. The van der Waals surface area contributed by atoms with Crippen molar-refractivity contribution in [1.29, 1.82) is 0 Å². The van der Waals surface area contributed by atoms with Crippen molar-refractivity contribution >= 4 is 23.3 Å². The molecule has 1 aliphatic rings. The Bertz CT molecular complexity index is 985. The van der Waals surface area contributed by atoms with E-state index in [0.29, 0.717) is 42.2 Å². The molecule has 2 N–H and O–H groups in total. The second-order valence-corrected chi connectivity index (χ2v) is 6.67. The number of nitrogens with one attached hydrogen (secondary N) is 1. The Morgan fingerprint density at radius 1 is 1.41 bits per heavy atom. The van der Waals surface area contributed by atoms with Crippen molar-refractivity contribution in [2.24, 2.45) is 4.99 Å². The molecule has 1 unspecified atom stereocenters. The van der Waals surface area contributed by atoms with Gasteiger partial charge >= 0.3 is 0 Å². The number of carbonyl (C=O) groups is 2. The summed E-state index contributed by atoms with van der Waals surface area (Å²) in [5.74, 6) is 0.645. The number of hydrogen-bond donors (Lipinski definition) is 2. The number of carbonyl (C=O) groups excluding carboxylic acids is 2. The van der Waals surface area contributed by atoms with E-state index < -0.39 is 6.10 Å². The third-order valence-electron chi connectivity index (χ3n) is 4.69. The number of amides is 1. The lowest BCUT2D eigenvalue weighted by atomic mass is 10.2. The molecule has 1 amide bonds. The van der Waals surface area contributed by atoms with Gasteiger partial charge in [0.2, 0.25) is 5.91 Å². The quantitative estimate of drug-likeness (QED) is 0.779. The van der Waals surface area contributed by atoms with Gasteiger partial charge in [0.15, 0.2) is 11.6 Å². The van der Waals surface area contributed by atoms with Crippen LogP contribution in [0.5, 0.6) is 5.75 Å². The van der Waals surface area contributed by atoms with Crippen LogP contribution in [0.3, 0.4) is 0 Å². The molecule has 0 aromatic carbocycles. The van der Waals surface area contributed by atoms with Gasteiger partial charge < -0.3 is 20.1 Å².